The molecule has 0 saturated heterocycles. The number of hydrogen-bond acceptors (Lipinski definition) is 6. The second-order valence-electron chi connectivity index (χ2n) is 6.98. The van der Waals surface area contributed by atoms with Crippen molar-refractivity contribution < 1.29 is 23.1 Å². The zero-order valence-corrected chi connectivity index (χ0v) is 18.4. The Morgan fingerprint density at radius 1 is 1.15 bits per heavy atom. The van der Waals surface area contributed by atoms with Gasteiger partial charge in [0.05, 0.1) is 12.7 Å². The Morgan fingerprint density at radius 2 is 1.97 bits per heavy atom. The Kier molecular flexibility index (Phi) is 8.31. The summed E-state index contributed by atoms with van der Waals surface area (Å²) in [5.74, 6) is -0.559. The van der Waals surface area contributed by atoms with Gasteiger partial charge < -0.3 is 9.15 Å². The van der Waals surface area contributed by atoms with Crippen molar-refractivity contribution in [3.8, 4) is 11.5 Å². The van der Waals surface area contributed by atoms with Crippen LogP contribution in [0.3, 0.4) is 0 Å². The molecule has 2 aromatic heterocycles. The molecular weight excluding hydrogens is 427 g/mol. The minimum atomic E-state index is -0.590. The van der Waals surface area contributed by atoms with Crippen LogP contribution in [0.4, 0.5) is 4.39 Å². The topological polar surface area (TPSA) is 96.7 Å². The molecule has 2 N–H and O–H groups in total. The largest absolute Gasteiger partial charge is 0.454 e. The van der Waals surface area contributed by atoms with Gasteiger partial charge in [0.1, 0.15) is 11.5 Å². The van der Waals surface area contributed by atoms with E-state index in [-0.39, 0.29) is 11.5 Å². The van der Waals surface area contributed by atoms with E-state index < -0.39 is 17.6 Å². The highest BCUT2D eigenvalue weighted by Gasteiger charge is 2.13. The van der Waals surface area contributed by atoms with E-state index in [1.807, 2.05) is 13.8 Å². The lowest BCUT2D eigenvalue weighted by Crippen LogP contribution is -2.40. The summed E-state index contributed by atoms with van der Waals surface area (Å²) in [6.07, 6.45) is 5.64. The van der Waals surface area contributed by atoms with Crippen LogP contribution in [0.25, 0.3) is 6.08 Å². The number of amides is 2. The molecule has 0 aliphatic carbocycles. The maximum Gasteiger partial charge on any atom is 0.305 e. The van der Waals surface area contributed by atoms with Gasteiger partial charge in [-0.2, -0.15) is 0 Å². The van der Waals surface area contributed by atoms with Crippen LogP contribution >= 0.6 is 0 Å². The molecule has 0 aliphatic rings. The lowest BCUT2D eigenvalue weighted by molar-refractivity contribution is -0.117. The molecule has 0 aliphatic heterocycles. The molecule has 0 unspecified atom stereocenters. The molecule has 0 fully saturated rings. The fraction of sp³-hybridized carbons (Fsp3) is 0.208. The van der Waals surface area contributed by atoms with Crippen molar-refractivity contribution in [2.75, 3.05) is 13.1 Å². The third kappa shape index (κ3) is 7.01. The number of carbonyl (C=O) groups excluding carboxylic acids is 2. The van der Waals surface area contributed by atoms with Crippen molar-refractivity contribution in [3.05, 3.63) is 83.8 Å². The molecular formula is C24H25FN4O4. The predicted octanol–water partition coefficient (Wildman–Crippen LogP) is 3.92. The molecule has 3 rings (SSSR count). The zero-order chi connectivity index (χ0) is 23.6. The summed E-state index contributed by atoms with van der Waals surface area (Å²) in [7, 11) is 0. The summed E-state index contributed by atoms with van der Waals surface area (Å²) >= 11 is 0. The van der Waals surface area contributed by atoms with Gasteiger partial charge in [0, 0.05) is 12.3 Å². The van der Waals surface area contributed by atoms with Crippen LogP contribution in [0.2, 0.25) is 0 Å². The monoisotopic (exact) mass is 452 g/mol. The highest BCUT2D eigenvalue weighted by Crippen LogP contribution is 2.24. The predicted molar refractivity (Wildman–Crippen MR) is 121 cm³/mol. The lowest BCUT2D eigenvalue weighted by Gasteiger charge is -2.15. The van der Waals surface area contributed by atoms with Crippen LogP contribution in [0.1, 0.15) is 35.7 Å². The SMILES string of the molecule is CCN(CC)Cc1ccc(C(=O)NNC(=O)/C=C/c2ccc(Oc3cccnc3)c(F)c2)o1. The molecule has 172 valence electrons. The molecule has 0 radical (unpaired) electrons. The Balaban J connectivity index is 1.50. The fourth-order valence-corrected chi connectivity index (χ4v) is 2.88. The average molecular weight is 452 g/mol. The van der Waals surface area contributed by atoms with Crippen molar-refractivity contribution in [1.82, 2.24) is 20.7 Å². The van der Waals surface area contributed by atoms with Crippen molar-refractivity contribution in [3.63, 3.8) is 0 Å². The van der Waals surface area contributed by atoms with Crippen molar-refractivity contribution in [2.24, 2.45) is 0 Å². The van der Waals surface area contributed by atoms with Crippen LogP contribution in [-0.2, 0) is 11.3 Å². The maximum atomic E-state index is 14.3. The van der Waals surface area contributed by atoms with E-state index in [1.165, 1.54) is 30.5 Å². The van der Waals surface area contributed by atoms with Gasteiger partial charge in [-0.1, -0.05) is 19.9 Å². The summed E-state index contributed by atoms with van der Waals surface area (Å²) < 4.78 is 25.2. The molecule has 3 aromatic rings. The number of rotatable bonds is 9. The smallest absolute Gasteiger partial charge is 0.305 e. The third-order valence-corrected chi connectivity index (χ3v) is 4.70. The molecule has 2 amide bonds. The van der Waals surface area contributed by atoms with Crippen LogP contribution in [0.5, 0.6) is 11.5 Å². The van der Waals surface area contributed by atoms with E-state index in [1.54, 1.807) is 36.5 Å². The number of nitrogens with zero attached hydrogens (tertiary/aromatic N) is 2. The van der Waals surface area contributed by atoms with Crippen LogP contribution in [0, 0.1) is 5.82 Å². The van der Waals surface area contributed by atoms with Gasteiger partial charge >= 0.3 is 5.91 Å². The van der Waals surface area contributed by atoms with Crippen molar-refractivity contribution in [1.29, 1.82) is 0 Å². The Bertz CT molecular complexity index is 1110. The average Bonchev–Trinajstić information content (AvgIpc) is 3.30. The molecule has 9 heteroatoms. The van der Waals surface area contributed by atoms with Gasteiger partial charge in [0.2, 0.25) is 0 Å². The second kappa shape index (κ2) is 11.6. The van der Waals surface area contributed by atoms with Gasteiger partial charge in [-0.3, -0.25) is 30.3 Å². The molecule has 33 heavy (non-hydrogen) atoms. The lowest BCUT2D eigenvalue weighted by atomic mass is 10.2. The highest BCUT2D eigenvalue weighted by atomic mass is 19.1. The number of furan rings is 1. The first kappa shape index (κ1) is 23.7. The van der Waals surface area contributed by atoms with Gasteiger partial charge in [0.25, 0.3) is 5.91 Å². The number of carbonyl (C=O) groups is 2. The van der Waals surface area contributed by atoms with Gasteiger partial charge in [-0.15, -0.1) is 0 Å². The van der Waals surface area contributed by atoms with E-state index in [0.717, 1.165) is 13.1 Å². The Morgan fingerprint density at radius 3 is 2.67 bits per heavy atom. The summed E-state index contributed by atoms with van der Waals surface area (Å²) in [6, 6.07) is 10.9. The number of benzene rings is 1. The molecule has 0 bridgehead atoms. The summed E-state index contributed by atoms with van der Waals surface area (Å²) in [4.78, 5) is 30.2. The number of pyridine rings is 1. The summed E-state index contributed by atoms with van der Waals surface area (Å²) in [5.41, 5.74) is 4.99. The van der Waals surface area contributed by atoms with E-state index >= 15 is 0 Å². The number of halogens is 1. The first-order valence-electron chi connectivity index (χ1n) is 10.4. The number of hydrogen-bond donors (Lipinski definition) is 2. The van der Waals surface area contributed by atoms with Crippen molar-refractivity contribution >= 4 is 17.9 Å². The molecule has 0 saturated carbocycles. The molecule has 0 atom stereocenters. The van der Waals surface area contributed by atoms with E-state index in [0.29, 0.717) is 23.6 Å². The molecule has 0 spiro atoms. The van der Waals surface area contributed by atoms with Crippen LogP contribution < -0.4 is 15.6 Å². The number of nitrogens with one attached hydrogen (secondary N) is 2. The number of hydrazine groups is 1. The quantitative estimate of drug-likeness (QED) is 0.377. The van der Waals surface area contributed by atoms with Gasteiger partial charge in [-0.05, 0) is 61.1 Å². The molecule has 1 aromatic carbocycles. The third-order valence-electron chi connectivity index (χ3n) is 4.70. The minimum Gasteiger partial charge on any atom is -0.454 e. The first-order chi connectivity index (χ1) is 16.0. The van der Waals surface area contributed by atoms with Gasteiger partial charge in [-0.25, -0.2) is 4.39 Å². The summed E-state index contributed by atoms with van der Waals surface area (Å²) in [6.45, 7) is 6.42. The van der Waals surface area contributed by atoms with E-state index in [9.17, 15) is 14.0 Å². The van der Waals surface area contributed by atoms with Crippen LogP contribution in [0.15, 0.2) is 65.4 Å². The van der Waals surface area contributed by atoms with E-state index in [4.69, 9.17) is 9.15 Å². The second-order valence-corrected chi connectivity index (χ2v) is 6.98. The van der Waals surface area contributed by atoms with E-state index in [2.05, 4.69) is 20.7 Å². The molecule has 2 heterocycles. The zero-order valence-electron chi connectivity index (χ0n) is 18.4. The fourth-order valence-electron chi connectivity index (χ4n) is 2.88. The van der Waals surface area contributed by atoms with Crippen molar-refractivity contribution in [2.45, 2.75) is 20.4 Å². The van der Waals surface area contributed by atoms with Gasteiger partial charge in [0.15, 0.2) is 17.3 Å². The van der Waals surface area contributed by atoms with Crippen LogP contribution in [-0.4, -0.2) is 34.8 Å². The highest BCUT2D eigenvalue weighted by molar-refractivity contribution is 5.96. The maximum absolute atomic E-state index is 14.3. The first-order valence-corrected chi connectivity index (χ1v) is 10.4. The molecule has 8 nitrogen and oxygen atoms in total. The summed E-state index contributed by atoms with van der Waals surface area (Å²) in [5, 5.41) is 0. The number of aromatic nitrogens is 1. The normalized spacial score (nSPS) is 11.0. The standard InChI is InChI=1S/C24H25FN4O4/c1-3-29(4-2)16-19-9-11-22(33-19)24(31)28-27-23(30)12-8-17-7-10-21(20(25)14-17)32-18-6-5-13-26-15-18/h5-15H,3-4,16H2,1-2H3,(H,27,30)(H,28,31)/b12-8+. The Hall–Kier alpha value is -3.98. The minimum absolute atomic E-state index is 0.0377. The Labute approximate surface area is 191 Å². The number of ether oxygens (including phenoxy) is 1.